The van der Waals surface area contributed by atoms with Gasteiger partial charge in [-0.25, -0.2) is 0 Å². The highest BCUT2D eigenvalue weighted by Gasteiger charge is 2.30. The predicted molar refractivity (Wildman–Crippen MR) is 84.0 cm³/mol. The topological polar surface area (TPSA) is 116 Å². The second-order valence-corrected chi connectivity index (χ2v) is 5.73. The average molecular weight is 340 g/mol. The first-order valence-corrected chi connectivity index (χ1v) is 7.59. The Labute approximate surface area is 138 Å². The minimum absolute atomic E-state index is 0.0930. The summed E-state index contributed by atoms with van der Waals surface area (Å²) in [6, 6.07) is 3.76. The molecule has 0 bridgehead atoms. The van der Waals surface area contributed by atoms with Crippen molar-refractivity contribution in [2.24, 2.45) is 11.5 Å². The van der Waals surface area contributed by atoms with E-state index in [1.54, 1.807) is 0 Å². The van der Waals surface area contributed by atoms with Crippen LogP contribution in [0.1, 0.15) is 29.6 Å². The summed E-state index contributed by atoms with van der Waals surface area (Å²) in [4.78, 5) is 36.5. The van der Waals surface area contributed by atoms with Crippen molar-refractivity contribution in [3.8, 4) is 5.75 Å². The third-order valence-corrected chi connectivity index (χ3v) is 3.94. The molecule has 3 amide bonds. The Bertz CT molecular complexity index is 635. The second-order valence-electron chi connectivity index (χ2n) is 5.29. The molecule has 1 aromatic rings. The van der Waals surface area contributed by atoms with Crippen LogP contribution in [-0.2, 0) is 9.59 Å². The Morgan fingerprint density at radius 1 is 1.26 bits per heavy atom. The maximum absolute atomic E-state index is 12.3. The highest BCUT2D eigenvalue weighted by Crippen LogP contribution is 2.23. The van der Waals surface area contributed by atoms with E-state index >= 15 is 0 Å². The van der Waals surface area contributed by atoms with Crippen LogP contribution in [0.5, 0.6) is 5.75 Å². The van der Waals surface area contributed by atoms with Crippen LogP contribution in [0, 0.1) is 0 Å². The Morgan fingerprint density at radius 2 is 2.00 bits per heavy atom. The molecule has 0 aromatic heterocycles. The van der Waals surface area contributed by atoms with E-state index in [1.807, 2.05) is 0 Å². The number of halogens is 1. The number of carbonyl (C=O) groups is 3. The van der Waals surface area contributed by atoms with Crippen LogP contribution < -0.4 is 16.2 Å². The maximum Gasteiger partial charge on any atom is 0.261 e. The van der Waals surface area contributed by atoms with Crippen molar-refractivity contribution >= 4 is 29.3 Å². The van der Waals surface area contributed by atoms with Crippen LogP contribution in [0.4, 0.5) is 0 Å². The van der Waals surface area contributed by atoms with Crippen LogP contribution in [0.3, 0.4) is 0 Å². The summed E-state index contributed by atoms with van der Waals surface area (Å²) in [6.45, 7) is 0.144. The zero-order valence-electron chi connectivity index (χ0n) is 12.5. The summed E-state index contributed by atoms with van der Waals surface area (Å²) in [5, 5.41) is 0.335. The zero-order valence-corrected chi connectivity index (χ0v) is 13.2. The predicted octanol–water partition coefficient (Wildman–Crippen LogP) is 0.684. The summed E-state index contributed by atoms with van der Waals surface area (Å²) in [5.74, 6) is -1.42. The average Bonchev–Trinajstić information content (AvgIpc) is 2.53. The van der Waals surface area contributed by atoms with Crippen molar-refractivity contribution in [3.63, 3.8) is 0 Å². The molecule has 1 atom stereocenters. The number of nitrogens with two attached hydrogens (primary N) is 2. The second kappa shape index (κ2) is 7.32. The standard InChI is InChI=1S/C15H18ClN3O4/c16-9-4-5-12(10(7-9)14(17)21)23-8-13(20)19-6-2-1-3-11(19)15(18)22/h4-5,7,11H,1-3,6,8H2,(H2,17,21)(H2,18,22)/t11-/m0/s1. The van der Waals surface area contributed by atoms with Gasteiger partial charge in [-0.2, -0.15) is 0 Å². The van der Waals surface area contributed by atoms with Crippen molar-refractivity contribution in [2.45, 2.75) is 25.3 Å². The van der Waals surface area contributed by atoms with E-state index in [1.165, 1.54) is 23.1 Å². The summed E-state index contributed by atoms with van der Waals surface area (Å²) < 4.78 is 5.39. The number of rotatable bonds is 5. The molecule has 2 rings (SSSR count). The number of nitrogens with zero attached hydrogens (tertiary/aromatic N) is 1. The molecule has 0 aliphatic carbocycles. The molecule has 1 aliphatic rings. The van der Waals surface area contributed by atoms with Crippen molar-refractivity contribution in [1.82, 2.24) is 4.90 Å². The smallest absolute Gasteiger partial charge is 0.261 e. The third-order valence-electron chi connectivity index (χ3n) is 3.71. The van der Waals surface area contributed by atoms with E-state index in [9.17, 15) is 14.4 Å². The fourth-order valence-electron chi connectivity index (χ4n) is 2.57. The van der Waals surface area contributed by atoms with Gasteiger partial charge in [0, 0.05) is 11.6 Å². The molecule has 0 unspecified atom stereocenters. The molecule has 4 N–H and O–H groups in total. The van der Waals surface area contributed by atoms with Gasteiger partial charge in [0.2, 0.25) is 5.91 Å². The first-order valence-electron chi connectivity index (χ1n) is 7.21. The van der Waals surface area contributed by atoms with Crippen LogP contribution >= 0.6 is 11.6 Å². The normalized spacial score (nSPS) is 17.6. The van der Waals surface area contributed by atoms with Gasteiger partial charge >= 0.3 is 0 Å². The lowest BCUT2D eigenvalue weighted by molar-refractivity contribution is -0.142. The lowest BCUT2D eigenvalue weighted by atomic mass is 10.0. The summed E-state index contributed by atoms with van der Waals surface area (Å²) in [5.41, 5.74) is 10.7. The number of amides is 3. The molecule has 1 fully saturated rings. The lowest BCUT2D eigenvalue weighted by Gasteiger charge is -2.33. The van der Waals surface area contributed by atoms with Gasteiger partial charge in [-0.05, 0) is 37.5 Å². The molecular formula is C15H18ClN3O4. The van der Waals surface area contributed by atoms with Gasteiger partial charge < -0.3 is 21.1 Å². The molecule has 23 heavy (non-hydrogen) atoms. The van der Waals surface area contributed by atoms with Gasteiger partial charge in [-0.1, -0.05) is 11.6 Å². The number of piperidine rings is 1. The van der Waals surface area contributed by atoms with E-state index in [2.05, 4.69) is 0 Å². The Kier molecular flexibility index (Phi) is 5.44. The molecule has 8 heteroatoms. The van der Waals surface area contributed by atoms with E-state index in [0.29, 0.717) is 18.0 Å². The Hall–Kier alpha value is -2.28. The number of likely N-dealkylation sites (tertiary alicyclic amines) is 1. The van der Waals surface area contributed by atoms with Gasteiger partial charge in [0.1, 0.15) is 11.8 Å². The molecule has 1 saturated heterocycles. The molecule has 0 radical (unpaired) electrons. The first-order chi connectivity index (χ1) is 10.9. The third kappa shape index (κ3) is 4.13. The van der Waals surface area contributed by atoms with Gasteiger partial charge in [0.25, 0.3) is 11.8 Å². The van der Waals surface area contributed by atoms with Gasteiger partial charge in [-0.3, -0.25) is 14.4 Å². The number of carbonyl (C=O) groups excluding carboxylic acids is 3. The van der Waals surface area contributed by atoms with Crippen molar-refractivity contribution < 1.29 is 19.1 Å². The number of ether oxygens (including phenoxy) is 1. The van der Waals surface area contributed by atoms with Crippen molar-refractivity contribution in [2.75, 3.05) is 13.2 Å². The summed E-state index contributed by atoms with van der Waals surface area (Å²) >= 11 is 5.81. The molecule has 1 aromatic carbocycles. The number of hydrogen-bond donors (Lipinski definition) is 2. The summed E-state index contributed by atoms with van der Waals surface area (Å²) in [6.07, 6.45) is 2.21. The minimum Gasteiger partial charge on any atom is -0.483 e. The van der Waals surface area contributed by atoms with Gasteiger partial charge in [0.05, 0.1) is 5.56 Å². The monoisotopic (exact) mass is 339 g/mol. The van der Waals surface area contributed by atoms with Crippen LogP contribution in [0.15, 0.2) is 18.2 Å². The molecule has 1 heterocycles. The van der Waals surface area contributed by atoms with E-state index in [-0.39, 0.29) is 23.8 Å². The first kappa shape index (κ1) is 17.1. The fourth-order valence-corrected chi connectivity index (χ4v) is 2.74. The number of hydrogen-bond acceptors (Lipinski definition) is 4. The van der Waals surface area contributed by atoms with Gasteiger partial charge in [-0.15, -0.1) is 0 Å². The Morgan fingerprint density at radius 3 is 2.65 bits per heavy atom. The van der Waals surface area contributed by atoms with E-state index < -0.39 is 17.9 Å². The highest BCUT2D eigenvalue weighted by atomic mass is 35.5. The molecule has 0 saturated carbocycles. The lowest BCUT2D eigenvalue weighted by Crippen LogP contribution is -2.51. The minimum atomic E-state index is -0.706. The van der Waals surface area contributed by atoms with Crippen LogP contribution in [-0.4, -0.2) is 41.8 Å². The molecule has 124 valence electrons. The maximum atomic E-state index is 12.3. The Balaban J connectivity index is 2.07. The highest BCUT2D eigenvalue weighted by molar-refractivity contribution is 6.31. The molecular weight excluding hydrogens is 322 g/mol. The largest absolute Gasteiger partial charge is 0.483 e. The quantitative estimate of drug-likeness (QED) is 0.820. The SMILES string of the molecule is NC(=O)c1cc(Cl)ccc1OCC(=O)N1CCCC[C@H]1C(N)=O. The number of benzene rings is 1. The summed E-state index contributed by atoms with van der Waals surface area (Å²) in [7, 11) is 0. The van der Waals surface area contributed by atoms with Crippen LogP contribution in [0.25, 0.3) is 0 Å². The van der Waals surface area contributed by atoms with Crippen molar-refractivity contribution in [3.05, 3.63) is 28.8 Å². The zero-order chi connectivity index (χ0) is 17.0. The van der Waals surface area contributed by atoms with Crippen LogP contribution in [0.2, 0.25) is 5.02 Å². The van der Waals surface area contributed by atoms with Gasteiger partial charge in [0.15, 0.2) is 6.61 Å². The molecule has 0 spiro atoms. The van der Waals surface area contributed by atoms with Crippen molar-refractivity contribution in [1.29, 1.82) is 0 Å². The van der Waals surface area contributed by atoms with E-state index in [0.717, 1.165) is 12.8 Å². The fraction of sp³-hybridized carbons (Fsp3) is 0.400. The molecule has 1 aliphatic heterocycles. The molecule has 7 nitrogen and oxygen atoms in total. The van der Waals surface area contributed by atoms with E-state index in [4.69, 9.17) is 27.8 Å². The number of primary amides is 2.